The van der Waals surface area contributed by atoms with Crippen molar-refractivity contribution in [2.24, 2.45) is 0 Å². The van der Waals surface area contributed by atoms with Gasteiger partial charge in [-0.3, -0.25) is 4.79 Å². The first-order chi connectivity index (χ1) is 14.0. The van der Waals surface area contributed by atoms with E-state index in [0.717, 1.165) is 11.1 Å². The molecule has 8 nitrogen and oxygen atoms in total. The van der Waals surface area contributed by atoms with E-state index >= 15 is 0 Å². The molecule has 2 rings (SSSR count). The van der Waals surface area contributed by atoms with Gasteiger partial charge in [-0.15, -0.1) is 11.8 Å². The number of hydrogen-bond donors (Lipinski definition) is 1. The van der Waals surface area contributed by atoms with Crippen LogP contribution in [0.1, 0.15) is 45.0 Å². The van der Waals surface area contributed by atoms with Crippen molar-refractivity contribution in [3.8, 4) is 0 Å². The Hall–Kier alpha value is -2.36. The van der Waals surface area contributed by atoms with Crippen LogP contribution in [0.4, 0.5) is 10.5 Å². The first kappa shape index (κ1) is 23.9. The second-order valence-corrected chi connectivity index (χ2v) is 8.83. The van der Waals surface area contributed by atoms with Crippen LogP contribution in [0.3, 0.4) is 0 Å². The lowest BCUT2D eigenvalue weighted by molar-refractivity contribution is -0.138. The minimum atomic E-state index is -0.902. The molecule has 1 aromatic carbocycles. The molecule has 0 bridgehead atoms. The fourth-order valence-corrected chi connectivity index (χ4v) is 3.66. The quantitative estimate of drug-likeness (QED) is 0.173. The highest BCUT2D eigenvalue weighted by Gasteiger charge is 2.37. The monoisotopic (exact) mass is 436 g/mol. The molecule has 9 heteroatoms. The first-order valence-electron chi connectivity index (χ1n) is 9.78. The number of thioether (sulfide) groups is 1. The number of nitrogens with one attached hydrogen (secondary N) is 1. The number of esters is 1. The Kier molecular flexibility index (Phi) is 7.68. The van der Waals surface area contributed by atoms with E-state index in [-0.39, 0.29) is 24.3 Å². The summed E-state index contributed by atoms with van der Waals surface area (Å²) in [7, 11) is 0. The highest BCUT2D eigenvalue weighted by molar-refractivity contribution is 7.99. The molecule has 1 heterocycles. The summed E-state index contributed by atoms with van der Waals surface area (Å²) in [5.41, 5.74) is -0.313. The highest BCUT2D eigenvalue weighted by Crippen LogP contribution is 2.37. The van der Waals surface area contributed by atoms with E-state index in [1.807, 2.05) is 0 Å². The van der Waals surface area contributed by atoms with Crippen molar-refractivity contribution in [3.05, 3.63) is 40.7 Å². The Labute approximate surface area is 180 Å². The second-order valence-electron chi connectivity index (χ2n) is 7.66. The van der Waals surface area contributed by atoms with E-state index in [1.165, 1.54) is 11.8 Å². The molecule has 0 spiro atoms. The molecule has 0 saturated heterocycles. The van der Waals surface area contributed by atoms with Crippen molar-refractivity contribution >= 4 is 35.3 Å². The van der Waals surface area contributed by atoms with Gasteiger partial charge in [0.15, 0.2) is 5.57 Å². The van der Waals surface area contributed by atoms with Crippen molar-refractivity contribution in [3.63, 3.8) is 0 Å². The fourth-order valence-electron chi connectivity index (χ4n) is 2.85. The molecule has 0 radical (unpaired) electrons. The number of nitrogens with zero attached hydrogens (tertiary/aromatic N) is 1. The summed E-state index contributed by atoms with van der Waals surface area (Å²) < 4.78 is 9.21. The molecular weight excluding hydrogens is 408 g/mol. The predicted octanol–water partition coefficient (Wildman–Crippen LogP) is 3.77. The van der Waals surface area contributed by atoms with E-state index in [2.05, 4.69) is 5.32 Å². The summed E-state index contributed by atoms with van der Waals surface area (Å²) in [5, 5.41) is 15.8. The summed E-state index contributed by atoms with van der Waals surface area (Å²) >= 11 is 1.42. The Balaban J connectivity index is 2.12. The number of quaternary nitrogens is 1. The largest absolute Gasteiger partial charge is 0.622 e. The summed E-state index contributed by atoms with van der Waals surface area (Å²) in [6.45, 7) is 9.31. The normalized spacial score (nSPS) is 18.3. The van der Waals surface area contributed by atoms with Crippen LogP contribution < -0.4 is 9.96 Å². The maximum Gasteiger partial charge on any atom is 0.407 e. The molecule has 1 amide bonds. The third-order valence-electron chi connectivity index (χ3n) is 4.21. The van der Waals surface area contributed by atoms with Gasteiger partial charge in [0.05, 0.1) is 18.7 Å². The predicted molar refractivity (Wildman–Crippen MR) is 116 cm³/mol. The van der Waals surface area contributed by atoms with Gasteiger partial charge in [-0.1, -0.05) is 0 Å². The number of ketones is 1. The molecule has 30 heavy (non-hydrogen) atoms. The third-order valence-corrected chi connectivity index (χ3v) is 5.20. The lowest BCUT2D eigenvalue weighted by Crippen LogP contribution is -2.42. The van der Waals surface area contributed by atoms with Gasteiger partial charge in [-0.25, -0.2) is 9.59 Å². The Morgan fingerprint density at radius 2 is 1.93 bits per heavy atom. The standard InChI is InChI=1S/C21H28N2O6S/c1-6-23(27)13-16(19(25)28-7-2)18(24)15-12-14(8-9-17(15)23)30-11-10-22-20(26)29-21(3,4)5/h8-9,12-13H,6-7,10-11H2,1-5H3,(H,22,26). The number of hydrogen-bond acceptors (Lipinski definition) is 7. The maximum atomic E-state index is 13.2. The summed E-state index contributed by atoms with van der Waals surface area (Å²) in [4.78, 5) is 37.4. The number of ether oxygens (including phenoxy) is 2. The van der Waals surface area contributed by atoms with Gasteiger partial charge in [0.1, 0.15) is 17.5 Å². The van der Waals surface area contributed by atoms with Crippen LogP contribution in [0.5, 0.6) is 0 Å². The number of Topliss-reactive ketones (excluding diaryl/α,β-unsaturated/α-hetero) is 1. The molecule has 1 aliphatic heterocycles. The van der Waals surface area contributed by atoms with Crippen LogP contribution >= 0.6 is 11.8 Å². The van der Waals surface area contributed by atoms with Gasteiger partial charge >= 0.3 is 12.1 Å². The molecule has 164 valence electrons. The molecule has 0 fully saturated rings. The lowest BCUT2D eigenvalue weighted by atomic mass is 9.97. The number of carbonyl (C=O) groups excluding carboxylic acids is 3. The van der Waals surface area contributed by atoms with Crippen LogP contribution in [0.25, 0.3) is 0 Å². The molecule has 0 saturated carbocycles. The average molecular weight is 437 g/mol. The zero-order chi connectivity index (χ0) is 22.5. The molecule has 1 aliphatic rings. The zero-order valence-corrected chi connectivity index (χ0v) is 18.8. The van der Waals surface area contributed by atoms with Gasteiger partial charge < -0.3 is 24.6 Å². The molecule has 1 N–H and O–H groups in total. The molecule has 1 atom stereocenters. The second kappa shape index (κ2) is 9.63. The number of fused-ring (bicyclic) bond motifs is 1. The fraction of sp³-hybridized carbons (Fsp3) is 0.476. The zero-order valence-electron chi connectivity index (χ0n) is 17.9. The smallest absolute Gasteiger partial charge is 0.407 e. The first-order valence-corrected chi connectivity index (χ1v) is 10.8. The number of alkyl carbamates (subject to hydrolysis) is 1. The van der Waals surface area contributed by atoms with Crippen LogP contribution in [-0.4, -0.2) is 48.9 Å². The van der Waals surface area contributed by atoms with Gasteiger partial charge in [0, 0.05) is 23.3 Å². The number of carbonyl (C=O) groups is 3. The molecule has 1 unspecified atom stereocenters. The Morgan fingerprint density at radius 3 is 2.53 bits per heavy atom. The Bertz CT molecular complexity index is 862. The highest BCUT2D eigenvalue weighted by atomic mass is 32.2. The number of hydroxylamine groups is 2. The van der Waals surface area contributed by atoms with E-state index in [9.17, 15) is 19.6 Å². The average Bonchev–Trinajstić information content (AvgIpc) is 2.67. The van der Waals surface area contributed by atoms with Crippen molar-refractivity contribution in [2.45, 2.75) is 45.1 Å². The topological polar surface area (TPSA) is 105 Å². The van der Waals surface area contributed by atoms with Crippen LogP contribution in [0.15, 0.2) is 34.9 Å². The minimum Gasteiger partial charge on any atom is -0.622 e. The van der Waals surface area contributed by atoms with Gasteiger partial charge in [0.2, 0.25) is 5.78 Å². The Morgan fingerprint density at radius 1 is 1.23 bits per heavy atom. The van der Waals surface area contributed by atoms with Gasteiger partial charge in [-0.05, 0) is 46.8 Å². The van der Waals surface area contributed by atoms with E-state index < -0.39 is 28.1 Å². The molecule has 0 aromatic heterocycles. The number of rotatable bonds is 7. The van der Waals surface area contributed by atoms with Gasteiger partial charge in [0.25, 0.3) is 0 Å². The lowest BCUT2D eigenvalue weighted by Gasteiger charge is -2.41. The maximum absolute atomic E-state index is 13.2. The number of amides is 1. The van der Waals surface area contributed by atoms with E-state index in [4.69, 9.17) is 9.47 Å². The van der Waals surface area contributed by atoms with Crippen LogP contribution in [0.2, 0.25) is 0 Å². The van der Waals surface area contributed by atoms with Crippen molar-refractivity contribution in [1.29, 1.82) is 0 Å². The molecule has 0 aliphatic carbocycles. The summed E-state index contributed by atoms with van der Waals surface area (Å²) in [5.74, 6) is -0.770. The van der Waals surface area contributed by atoms with Crippen LogP contribution in [-0.2, 0) is 14.3 Å². The van der Waals surface area contributed by atoms with E-state index in [1.54, 1.807) is 52.8 Å². The molecule has 1 aromatic rings. The molecular formula is C21H28N2O6S. The summed E-state index contributed by atoms with van der Waals surface area (Å²) in [6, 6.07) is 4.99. The number of benzene rings is 1. The minimum absolute atomic E-state index is 0.113. The SMILES string of the molecule is CCOC(=O)C1=C[N+]([O-])(CC)c2ccc(SCCNC(=O)OC(C)(C)C)cc2C1=O. The van der Waals surface area contributed by atoms with Crippen LogP contribution in [0, 0.1) is 5.21 Å². The van der Waals surface area contributed by atoms with Crippen molar-refractivity contribution in [2.75, 3.05) is 25.4 Å². The summed E-state index contributed by atoms with van der Waals surface area (Å²) in [6.07, 6.45) is 0.629. The van der Waals surface area contributed by atoms with E-state index in [0.29, 0.717) is 18.0 Å². The third kappa shape index (κ3) is 5.84. The van der Waals surface area contributed by atoms with Crippen molar-refractivity contribution in [1.82, 2.24) is 9.96 Å². The van der Waals surface area contributed by atoms with Gasteiger partial charge in [-0.2, -0.15) is 0 Å². The van der Waals surface area contributed by atoms with Crippen molar-refractivity contribution < 1.29 is 23.9 Å².